The van der Waals surface area contributed by atoms with E-state index in [9.17, 15) is 5.11 Å². The normalized spacial score (nSPS) is 10.3. The van der Waals surface area contributed by atoms with E-state index in [0.717, 1.165) is 5.56 Å². The second-order valence-corrected chi connectivity index (χ2v) is 2.35. The van der Waals surface area contributed by atoms with Crippen molar-refractivity contribution < 1.29 is 14.7 Å². The number of phenolic OH excluding ortho intramolecular Hbond substituents is 1. The van der Waals surface area contributed by atoms with E-state index >= 15 is 0 Å². The fourth-order valence-corrected chi connectivity index (χ4v) is 0.888. The summed E-state index contributed by atoms with van der Waals surface area (Å²) >= 11 is 0. The second-order valence-electron chi connectivity index (χ2n) is 2.35. The van der Waals surface area contributed by atoms with Gasteiger partial charge < -0.3 is 14.7 Å². The van der Waals surface area contributed by atoms with E-state index in [1.165, 1.54) is 26.5 Å². The van der Waals surface area contributed by atoms with Gasteiger partial charge in [-0.2, -0.15) is 0 Å². The quantitative estimate of drug-likeness (QED) is 0.566. The molecule has 0 fully saturated rings. The second kappa shape index (κ2) is 4.35. The Labute approximate surface area is 76.4 Å². The average Bonchev–Trinajstić information content (AvgIpc) is 2.16. The molecule has 0 radical (unpaired) electrons. The summed E-state index contributed by atoms with van der Waals surface area (Å²) in [5.41, 5.74) is 0.802. The van der Waals surface area contributed by atoms with Gasteiger partial charge in [-0.3, -0.25) is 0 Å². The largest absolute Gasteiger partial charge is 0.504 e. The Kier molecular flexibility index (Phi) is 3.14. The molecule has 1 rings (SSSR count). The number of benzene rings is 1. The zero-order valence-corrected chi connectivity index (χ0v) is 7.52. The van der Waals surface area contributed by atoms with Crippen LogP contribution >= 0.6 is 0 Å². The molecule has 1 aromatic carbocycles. The Morgan fingerprint density at radius 3 is 2.77 bits per heavy atom. The number of aromatic hydroxyl groups is 1. The summed E-state index contributed by atoms with van der Waals surface area (Å²) in [6.45, 7) is 0. The smallest absolute Gasteiger partial charge is 0.161 e. The molecule has 1 N–H and O–H groups in total. The van der Waals surface area contributed by atoms with Crippen molar-refractivity contribution >= 4 is 6.21 Å². The Hall–Kier alpha value is -1.71. The van der Waals surface area contributed by atoms with Crippen molar-refractivity contribution in [2.75, 3.05) is 14.2 Å². The molecule has 0 aliphatic heterocycles. The van der Waals surface area contributed by atoms with Crippen LogP contribution in [0, 0.1) is 0 Å². The van der Waals surface area contributed by atoms with Gasteiger partial charge in [-0.05, 0) is 18.2 Å². The third-order valence-electron chi connectivity index (χ3n) is 1.51. The number of oxime groups is 1. The van der Waals surface area contributed by atoms with E-state index in [1.54, 1.807) is 12.1 Å². The van der Waals surface area contributed by atoms with Gasteiger partial charge in [0.15, 0.2) is 11.5 Å². The molecule has 4 nitrogen and oxygen atoms in total. The first-order valence-corrected chi connectivity index (χ1v) is 3.71. The van der Waals surface area contributed by atoms with E-state index in [2.05, 4.69) is 9.99 Å². The Bertz CT molecular complexity index is 310. The van der Waals surface area contributed by atoms with Crippen molar-refractivity contribution in [2.45, 2.75) is 0 Å². The first-order chi connectivity index (χ1) is 6.27. The first-order valence-electron chi connectivity index (χ1n) is 3.71. The molecule has 0 saturated heterocycles. The van der Waals surface area contributed by atoms with E-state index < -0.39 is 0 Å². The van der Waals surface area contributed by atoms with E-state index in [1.807, 2.05) is 0 Å². The van der Waals surface area contributed by atoms with Gasteiger partial charge >= 0.3 is 0 Å². The molecule has 0 aliphatic carbocycles. The number of phenols is 1. The third-order valence-corrected chi connectivity index (χ3v) is 1.51. The molecule has 0 bridgehead atoms. The van der Waals surface area contributed by atoms with Crippen molar-refractivity contribution in [3.8, 4) is 11.5 Å². The molecule has 0 atom stereocenters. The number of hydrogen-bond acceptors (Lipinski definition) is 4. The highest BCUT2D eigenvalue weighted by molar-refractivity contribution is 5.80. The summed E-state index contributed by atoms with van der Waals surface area (Å²) in [6.07, 6.45) is 1.53. The predicted octanol–water partition coefficient (Wildman–Crippen LogP) is 1.38. The highest BCUT2D eigenvalue weighted by Crippen LogP contribution is 2.25. The summed E-state index contributed by atoms with van der Waals surface area (Å²) < 4.78 is 4.91. The molecular formula is C9H11NO3. The number of rotatable bonds is 3. The molecule has 4 heteroatoms. The molecule has 0 unspecified atom stereocenters. The van der Waals surface area contributed by atoms with Gasteiger partial charge in [0.2, 0.25) is 0 Å². The number of hydrogen-bond donors (Lipinski definition) is 1. The van der Waals surface area contributed by atoms with Crippen LogP contribution in [-0.4, -0.2) is 25.5 Å². The fraction of sp³-hybridized carbons (Fsp3) is 0.222. The Morgan fingerprint density at radius 1 is 1.38 bits per heavy atom. The monoisotopic (exact) mass is 181 g/mol. The van der Waals surface area contributed by atoms with Crippen LogP contribution in [0.5, 0.6) is 11.5 Å². The zero-order chi connectivity index (χ0) is 9.68. The average molecular weight is 181 g/mol. The Morgan fingerprint density at radius 2 is 2.15 bits per heavy atom. The lowest BCUT2D eigenvalue weighted by Gasteiger charge is -2.02. The maximum Gasteiger partial charge on any atom is 0.161 e. The minimum atomic E-state index is 0.108. The molecule has 0 saturated carbocycles. The molecular weight excluding hydrogens is 170 g/mol. The molecule has 13 heavy (non-hydrogen) atoms. The molecule has 0 aliphatic rings. The number of ether oxygens (including phenoxy) is 1. The molecule has 0 amide bonds. The summed E-state index contributed by atoms with van der Waals surface area (Å²) in [6, 6.07) is 4.91. The van der Waals surface area contributed by atoms with Crippen LogP contribution in [0.2, 0.25) is 0 Å². The molecule has 0 spiro atoms. The fourth-order valence-electron chi connectivity index (χ4n) is 0.888. The van der Waals surface area contributed by atoms with Crippen molar-refractivity contribution in [2.24, 2.45) is 5.16 Å². The standard InChI is InChI=1S/C9H11NO3/c1-12-9-5-7(6-10-13-2)3-4-8(9)11/h3-6,11H,1-2H3/b10-6+. The number of nitrogens with zero attached hydrogens (tertiary/aromatic N) is 1. The summed E-state index contributed by atoms with van der Waals surface area (Å²) in [5.74, 6) is 0.525. The molecule has 0 aromatic heterocycles. The van der Waals surface area contributed by atoms with Gasteiger partial charge in [0.25, 0.3) is 0 Å². The summed E-state index contributed by atoms with van der Waals surface area (Å²) in [4.78, 5) is 4.52. The van der Waals surface area contributed by atoms with Crippen molar-refractivity contribution in [3.05, 3.63) is 23.8 Å². The minimum absolute atomic E-state index is 0.108. The maximum absolute atomic E-state index is 9.26. The first kappa shape index (κ1) is 9.38. The maximum atomic E-state index is 9.26. The SMILES string of the molecule is CO/N=C/c1ccc(O)c(OC)c1. The van der Waals surface area contributed by atoms with Gasteiger partial charge in [0.05, 0.1) is 13.3 Å². The lowest BCUT2D eigenvalue weighted by molar-refractivity contribution is 0.215. The van der Waals surface area contributed by atoms with E-state index in [4.69, 9.17) is 4.74 Å². The lowest BCUT2D eigenvalue weighted by Crippen LogP contribution is -1.87. The van der Waals surface area contributed by atoms with Crippen LogP contribution in [0.15, 0.2) is 23.4 Å². The van der Waals surface area contributed by atoms with Gasteiger partial charge in [0, 0.05) is 5.56 Å². The van der Waals surface area contributed by atoms with E-state index in [-0.39, 0.29) is 5.75 Å². The van der Waals surface area contributed by atoms with Gasteiger partial charge in [-0.25, -0.2) is 0 Å². The van der Waals surface area contributed by atoms with Crippen LogP contribution in [0.25, 0.3) is 0 Å². The van der Waals surface area contributed by atoms with Crippen LogP contribution in [-0.2, 0) is 4.84 Å². The van der Waals surface area contributed by atoms with Crippen LogP contribution < -0.4 is 4.74 Å². The van der Waals surface area contributed by atoms with Gasteiger partial charge in [0.1, 0.15) is 7.11 Å². The van der Waals surface area contributed by atoms with E-state index in [0.29, 0.717) is 5.75 Å². The minimum Gasteiger partial charge on any atom is -0.504 e. The summed E-state index contributed by atoms with van der Waals surface area (Å²) in [7, 11) is 2.96. The van der Waals surface area contributed by atoms with Gasteiger partial charge in [-0.1, -0.05) is 5.16 Å². The van der Waals surface area contributed by atoms with Crippen LogP contribution in [0.1, 0.15) is 5.56 Å². The van der Waals surface area contributed by atoms with Crippen LogP contribution in [0.4, 0.5) is 0 Å². The molecule has 1 aromatic rings. The highest BCUT2D eigenvalue weighted by Gasteiger charge is 2.00. The predicted molar refractivity (Wildman–Crippen MR) is 49.3 cm³/mol. The zero-order valence-electron chi connectivity index (χ0n) is 7.52. The summed E-state index contributed by atoms with van der Waals surface area (Å²) in [5, 5.41) is 12.8. The number of methoxy groups -OCH3 is 1. The topological polar surface area (TPSA) is 51.0 Å². The van der Waals surface area contributed by atoms with Crippen LogP contribution in [0.3, 0.4) is 0 Å². The molecule has 70 valence electrons. The van der Waals surface area contributed by atoms with Crippen molar-refractivity contribution in [1.29, 1.82) is 0 Å². The van der Waals surface area contributed by atoms with Crippen molar-refractivity contribution in [3.63, 3.8) is 0 Å². The van der Waals surface area contributed by atoms with Crippen molar-refractivity contribution in [1.82, 2.24) is 0 Å². The third kappa shape index (κ3) is 2.37. The highest BCUT2D eigenvalue weighted by atomic mass is 16.6. The van der Waals surface area contributed by atoms with Gasteiger partial charge in [-0.15, -0.1) is 0 Å². The lowest BCUT2D eigenvalue weighted by atomic mass is 10.2. The molecule has 0 heterocycles. The Balaban J connectivity index is 2.92.